The summed E-state index contributed by atoms with van der Waals surface area (Å²) in [6, 6.07) is 0. The molecule has 4 nitrogen and oxygen atoms in total. The van der Waals surface area contributed by atoms with Crippen LogP contribution in [0.1, 0.15) is 19.8 Å². The molecule has 0 aliphatic carbocycles. The van der Waals surface area contributed by atoms with Crippen LogP contribution < -0.4 is 0 Å². The molecular weight excluding hydrogens is 259 g/mol. The highest BCUT2D eigenvalue weighted by atomic mass is 79.9. The quantitative estimate of drug-likeness (QED) is 0.597. The molecule has 0 aliphatic heterocycles. The molecule has 2 atom stereocenters. The molecule has 0 saturated carbocycles. The van der Waals surface area contributed by atoms with Gasteiger partial charge in [-0.25, -0.2) is 0 Å². The summed E-state index contributed by atoms with van der Waals surface area (Å²) in [5.74, 6) is 0. The van der Waals surface area contributed by atoms with Crippen molar-refractivity contribution in [1.29, 1.82) is 0 Å². The van der Waals surface area contributed by atoms with Gasteiger partial charge in [0.2, 0.25) is 0 Å². The van der Waals surface area contributed by atoms with Gasteiger partial charge in [0.25, 0.3) is 0 Å². The van der Waals surface area contributed by atoms with Crippen LogP contribution in [0.2, 0.25) is 0 Å². The van der Waals surface area contributed by atoms with Crippen LogP contribution in [0.25, 0.3) is 0 Å². The highest BCUT2D eigenvalue weighted by Gasteiger charge is 2.36. The molecule has 0 aromatic rings. The van der Waals surface area contributed by atoms with Crippen LogP contribution in [-0.4, -0.2) is 30.0 Å². The number of halogens is 1. The lowest BCUT2D eigenvalue weighted by molar-refractivity contribution is 0.164. The number of aliphatic hydroxyl groups is 1. The molecule has 0 amide bonds. The SMILES string of the molecule is CCCC(O)C(Br)P(=O)(OC)OC. The number of rotatable bonds is 6. The fraction of sp³-hybridized carbons (Fsp3) is 1.00. The molecule has 6 heteroatoms. The summed E-state index contributed by atoms with van der Waals surface area (Å²) in [5, 5.41) is 9.54. The molecule has 0 aliphatic rings. The number of hydrogen-bond donors (Lipinski definition) is 1. The summed E-state index contributed by atoms with van der Waals surface area (Å²) in [5.41, 5.74) is 0. The van der Waals surface area contributed by atoms with Gasteiger partial charge in [-0.2, -0.15) is 0 Å². The molecule has 0 radical (unpaired) electrons. The molecule has 0 aromatic carbocycles. The summed E-state index contributed by atoms with van der Waals surface area (Å²) in [6.07, 6.45) is 0.666. The van der Waals surface area contributed by atoms with E-state index in [0.717, 1.165) is 6.42 Å². The van der Waals surface area contributed by atoms with Gasteiger partial charge < -0.3 is 14.2 Å². The Bertz CT molecular complexity index is 179. The first-order chi connectivity index (χ1) is 6.01. The van der Waals surface area contributed by atoms with Gasteiger partial charge in [-0.1, -0.05) is 29.3 Å². The third-order valence-electron chi connectivity index (χ3n) is 1.71. The Morgan fingerprint density at radius 3 is 2.23 bits per heavy atom. The summed E-state index contributed by atoms with van der Waals surface area (Å²) < 4.78 is 20.5. The lowest BCUT2D eigenvalue weighted by Gasteiger charge is -2.23. The van der Waals surface area contributed by atoms with Crippen molar-refractivity contribution in [3.05, 3.63) is 0 Å². The largest absolute Gasteiger partial charge is 0.391 e. The van der Waals surface area contributed by atoms with Gasteiger partial charge in [0.05, 0.1) is 6.10 Å². The zero-order valence-electron chi connectivity index (χ0n) is 8.07. The van der Waals surface area contributed by atoms with E-state index in [-0.39, 0.29) is 0 Å². The second-order valence-electron chi connectivity index (χ2n) is 2.63. The van der Waals surface area contributed by atoms with Crippen LogP contribution >= 0.6 is 23.5 Å². The first kappa shape index (κ1) is 13.6. The molecule has 0 rings (SSSR count). The van der Waals surface area contributed by atoms with Crippen LogP contribution in [0.3, 0.4) is 0 Å². The Kier molecular flexibility index (Phi) is 6.42. The molecule has 1 N–H and O–H groups in total. The standard InChI is InChI=1S/C7H16BrO4P/c1-4-5-6(9)7(8)13(10,11-2)12-3/h6-7,9H,4-5H2,1-3H3. The normalized spacial score (nSPS) is 17.0. The number of alkyl halides is 1. The monoisotopic (exact) mass is 274 g/mol. The van der Waals surface area contributed by atoms with E-state index in [2.05, 4.69) is 15.9 Å². The second-order valence-corrected chi connectivity index (χ2v) is 6.69. The topological polar surface area (TPSA) is 55.8 Å². The van der Waals surface area contributed by atoms with Gasteiger partial charge in [-0.3, -0.25) is 4.57 Å². The molecule has 0 bridgehead atoms. The summed E-state index contributed by atoms with van der Waals surface area (Å²) >= 11 is 3.12. The summed E-state index contributed by atoms with van der Waals surface area (Å²) in [4.78, 5) is 0. The van der Waals surface area contributed by atoms with Crippen LogP contribution in [0, 0.1) is 0 Å². The van der Waals surface area contributed by atoms with Crippen molar-refractivity contribution in [3.63, 3.8) is 0 Å². The van der Waals surface area contributed by atoms with Crippen LogP contribution in [0.5, 0.6) is 0 Å². The predicted octanol–water partition coefficient (Wildman–Crippen LogP) is 2.35. The van der Waals surface area contributed by atoms with Crippen molar-refractivity contribution in [2.45, 2.75) is 30.4 Å². The molecular formula is C7H16BrO4P. The lowest BCUT2D eigenvalue weighted by Crippen LogP contribution is -2.21. The summed E-state index contributed by atoms with van der Waals surface area (Å²) in [7, 11) is -0.586. The van der Waals surface area contributed by atoms with Crippen LogP contribution in [0.4, 0.5) is 0 Å². The molecule has 0 spiro atoms. The average Bonchev–Trinajstić information content (AvgIpc) is 2.16. The van der Waals surface area contributed by atoms with E-state index in [1.165, 1.54) is 14.2 Å². The van der Waals surface area contributed by atoms with E-state index in [4.69, 9.17) is 9.05 Å². The van der Waals surface area contributed by atoms with Crippen LogP contribution in [0.15, 0.2) is 0 Å². The minimum absolute atomic E-state index is 0.562. The molecule has 0 aromatic heterocycles. The Labute approximate surface area is 87.3 Å². The Balaban J connectivity index is 4.36. The highest BCUT2D eigenvalue weighted by molar-refractivity contribution is 9.10. The van der Waals surface area contributed by atoms with Crippen molar-refractivity contribution < 1.29 is 18.7 Å². The van der Waals surface area contributed by atoms with Crippen molar-refractivity contribution >= 4 is 23.5 Å². The van der Waals surface area contributed by atoms with E-state index < -0.39 is 18.3 Å². The molecule has 0 fully saturated rings. The van der Waals surface area contributed by atoms with Gasteiger partial charge in [0.15, 0.2) is 0 Å². The molecule has 80 valence electrons. The van der Waals surface area contributed by atoms with Gasteiger partial charge in [0, 0.05) is 14.2 Å². The van der Waals surface area contributed by atoms with E-state index in [0.29, 0.717) is 6.42 Å². The van der Waals surface area contributed by atoms with Gasteiger partial charge >= 0.3 is 7.60 Å². The first-order valence-corrected chi connectivity index (χ1v) is 6.58. The van der Waals surface area contributed by atoms with Gasteiger partial charge in [-0.15, -0.1) is 0 Å². The van der Waals surface area contributed by atoms with E-state index >= 15 is 0 Å². The fourth-order valence-corrected chi connectivity index (χ4v) is 3.31. The average molecular weight is 275 g/mol. The minimum Gasteiger partial charge on any atom is -0.391 e. The number of aliphatic hydroxyl groups excluding tert-OH is 1. The maximum Gasteiger partial charge on any atom is 0.346 e. The zero-order chi connectivity index (χ0) is 10.5. The van der Waals surface area contributed by atoms with Crippen LogP contribution in [-0.2, 0) is 13.6 Å². The Morgan fingerprint density at radius 1 is 1.46 bits per heavy atom. The molecule has 13 heavy (non-hydrogen) atoms. The lowest BCUT2D eigenvalue weighted by atomic mass is 10.2. The van der Waals surface area contributed by atoms with Crippen molar-refractivity contribution in [2.75, 3.05) is 14.2 Å². The van der Waals surface area contributed by atoms with Gasteiger partial charge in [-0.05, 0) is 6.42 Å². The third-order valence-corrected chi connectivity index (χ3v) is 5.79. The first-order valence-electron chi connectivity index (χ1n) is 4.05. The maximum absolute atomic E-state index is 11.7. The van der Waals surface area contributed by atoms with Gasteiger partial charge in [0.1, 0.15) is 4.57 Å². The smallest absolute Gasteiger partial charge is 0.346 e. The zero-order valence-corrected chi connectivity index (χ0v) is 10.5. The summed E-state index contributed by atoms with van der Waals surface area (Å²) in [6.45, 7) is 1.94. The highest BCUT2D eigenvalue weighted by Crippen LogP contribution is 2.55. The second kappa shape index (κ2) is 6.14. The Morgan fingerprint density at radius 2 is 1.92 bits per heavy atom. The fourth-order valence-electron chi connectivity index (χ4n) is 0.920. The van der Waals surface area contributed by atoms with Crippen molar-refractivity contribution in [1.82, 2.24) is 0 Å². The molecule has 2 unspecified atom stereocenters. The third kappa shape index (κ3) is 3.68. The Hall–Kier alpha value is 0.590. The van der Waals surface area contributed by atoms with E-state index in [1.807, 2.05) is 6.92 Å². The van der Waals surface area contributed by atoms with Crippen molar-refractivity contribution in [3.8, 4) is 0 Å². The van der Waals surface area contributed by atoms with Crippen molar-refractivity contribution in [2.24, 2.45) is 0 Å². The van der Waals surface area contributed by atoms with E-state index in [1.54, 1.807) is 0 Å². The maximum atomic E-state index is 11.7. The molecule has 0 heterocycles. The predicted molar refractivity (Wildman–Crippen MR) is 55.3 cm³/mol. The minimum atomic E-state index is -3.19. The number of hydrogen-bond acceptors (Lipinski definition) is 4. The molecule has 0 saturated heterocycles. The van der Waals surface area contributed by atoms with E-state index in [9.17, 15) is 9.67 Å².